The van der Waals surface area contributed by atoms with Gasteiger partial charge in [-0.25, -0.2) is 30.9 Å². The Morgan fingerprint density at radius 3 is 1.44 bits per heavy atom. The Hall–Kier alpha value is -6.49. The third-order valence-electron chi connectivity index (χ3n) is 9.04. The molecule has 0 fully saturated rings. The number of nitrogens with one attached hydrogen (secondary N) is 1. The standard InChI is InChI=1S/C27H30F6N3O5P.C18H11F6N3O/c1-25(2,3)40-42(38,41-26(4,5)6)39-16-36(24(37)23-21(29)11-8-12-22(23)30)17-13-34-35(14-17)15-18-19(27(31,32)33)9-7-10-20(18)28;19-13-4-1-3-12(18(22,23)24)11(13)9-27-8-10(7-25-27)26-17(28)16-14(20)5-2-6-15(16)21/h7-14H,15-16H2,1-6H3;1-8H,9H2,(H,26,28). The van der Waals surface area contributed by atoms with Crippen LogP contribution in [0, 0.1) is 34.9 Å². The Labute approximate surface area is 391 Å². The second-order valence-corrected chi connectivity index (χ2v) is 18.4. The molecule has 12 nitrogen and oxygen atoms in total. The second-order valence-electron chi connectivity index (χ2n) is 16.8. The molecule has 0 saturated heterocycles. The molecule has 0 atom stereocenters. The van der Waals surface area contributed by atoms with Crippen LogP contribution in [0.4, 0.5) is 64.1 Å². The summed E-state index contributed by atoms with van der Waals surface area (Å²) in [5.41, 5.74) is -7.93. The van der Waals surface area contributed by atoms with Crippen molar-refractivity contribution in [2.75, 3.05) is 16.9 Å². The maximum atomic E-state index is 14.6. The predicted molar refractivity (Wildman–Crippen MR) is 228 cm³/mol. The van der Waals surface area contributed by atoms with Gasteiger partial charge in [0, 0.05) is 23.5 Å². The molecule has 376 valence electrons. The number of amides is 2. The first kappa shape index (κ1) is 54.5. The molecule has 0 radical (unpaired) electrons. The van der Waals surface area contributed by atoms with Gasteiger partial charge in [-0.3, -0.25) is 37.4 Å². The van der Waals surface area contributed by atoms with E-state index in [0.29, 0.717) is 11.0 Å². The number of anilines is 2. The van der Waals surface area contributed by atoms with Gasteiger partial charge < -0.3 is 5.32 Å². The lowest BCUT2D eigenvalue weighted by molar-refractivity contribution is -0.139. The fourth-order valence-corrected chi connectivity index (χ4v) is 7.99. The van der Waals surface area contributed by atoms with Crippen LogP contribution in [0.15, 0.2) is 97.6 Å². The highest BCUT2D eigenvalue weighted by molar-refractivity contribution is 7.48. The van der Waals surface area contributed by atoms with Crippen LogP contribution in [0.25, 0.3) is 0 Å². The van der Waals surface area contributed by atoms with Gasteiger partial charge in [-0.15, -0.1) is 0 Å². The number of carbonyl (C=O) groups excluding carboxylic acids is 2. The quantitative estimate of drug-likeness (QED) is 0.0688. The van der Waals surface area contributed by atoms with E-state index in [1.807, 2.05) is 0 Å². The molecule has 0 saturated carbocycles. The summed E-state index contributed by atoms with van der Waals surface area (Å²) in [7, 11) is -4.45. The van der Waals surface area contributed by atoms with Crippen molar-refractivity contribution in [3.63, 3.8) is 0 Å². The Balaban J connectivity index is 0.000000282. The van der Waals surface area contributed by atoms with Crippen LogP contribution in [0.5, 0.6) is 0 Å². The van der Waals surface area contributed by atoms with Gasteiger partial charge in [0.25, 0.3) is 11.8 Å². The van der Waals surface area contributed by atoms with Gasteiger partial charge in [0.15, 0.2) is 0 Å². The van der Waals surface area contributed by atoms with Gasteiger partial charge in [-0.2, -0.15) is 36.5 Å². The number of nitrogens with zero attached hydrogens (tertiary/aromatic N) is 5. The maximum absolute atomic E-state index is 14.6. The summed E-state index contributed by atoms with van der Waals surface area (Å²) in [5, 5.41) is 9.83. The number of halogens is 12. The summed E-state index contributed by atoms with van der Waals surface area (Å²) in [6.45, 7) is 7.16. The van der Waals surface area contributed by atoms with Crippen molar-refractivity contribution in [3.8, 4) is 0 Å². The first-order valence-electron chi connectivity index (χ1n) is 20.3. The molecule has 0 spiro atoms. The molecule has 0 unspecified atom stereocenters. The highest BCUT2D eigenvalue weighted by atomic mass is 31.2. The number of hydrogen-bond donors (Lipinski definition) is 1. The van der Waals surface area contributed by atoms with E-state index in [4.69, 9.17) is 13.6 Å². The lowest BCUT2D eigenvalue weighted by Gasteiger charge is -2.32. The lowest BCUT2D eigenvalue weighted by atomic mass is 10.1. The molecular formula is C45H41F12N6O6P. The van der Waals surface area contributed by atoms with Gasteiger partial charge in [-0.05, 0) is 90.1 Å². The van der Waals surface area contributed by atoms with Gasteiger partial charge in [0.1, 0.15) is 52.8 Å². The number of phosphoric ester groups is 1. The molecule has 0 aliphatic carbocycles. The van der Waals surface area contributed by atoms with Crippen LogP contribution in [0.1, 0.15) is 84.5 Å². The highest BCUT2D eigenvalue weighted by Gasteiger charge is 2.40. The summed E-state index contributed by atoms with van der Waals surface area (Å²) in [4.78, 5) is 26.1. The largest absolute Gasteiger partial charge is 0.477 e. The molecule has 2 aromatic heterocycles. The number of carbonyl (C=O) groups is 2. The van der Waals surface area contributed by atoms with E-state index in [2.05, 4.69) is 15.5 Å². The van der Waals surface area contributed by atoms with Crippen LogP contribution >= 0.6 is 7.82 Å². The van der Waals surface area contributed by atoms with Crippen LogP contribution in [0.3, 0.4) is 0 Å². The van der Waals surface area contributed by atoms with Crippen LogP contribution < -0.4 is 10.2 Å². The first-order chi connectivity index (χ1) is 32.4. The van der Waals surface area contributed by atoms with Crippen molar-refractivity contribution >= 4 is 31.0 Å². The SMILES string of the molecule is CC(C)(C)OP(=O)(OCN(C(=O)c1c(F)cccc1F)c1cnn(Cc2c(F)cccc2C(F)(F)F)c1)OC(C)(C)C.O=C(Nc1cnn(Cc2c(F)cccc2C(F)(F)F)c1)c1c(F)cccc1F. The second kappa shape index (κ2) is 21.2. The Bertz CT molecular complexity index is 2830. The Kier molecular flexibility index (Phi) is 16.5. The molecule has 4 aromatic carbocycles. The van der Waals surface area contributed by atoms with Crippen molar-refractivity contribution in [3.05, 3.63) is 166 Å². The van der Waals surface area contributed by atoms with Gasteiger partial charge in [-0.1, -0.05) is 24.3 Å². The van der Waals surface area contributed by atoms with E-state index < -0.39 is 131 Å². The average molecular weight is 1020 g/mol. The molecule has 6 rings (SSSR count). The van der Waals surface area contributed by atoms with E-state index in [0.717, 1.165) is 101 Å². The number of hydrogen-bond acceptors (Lipinski definition) is 8. The van der Waals surface area contributed by atoms with Gasteiger partial charge >= 0.3 is 20.2 Å². The fraction of sp³-hybridized carbons (Fsp3) is 0.289. The van der Waals surface area contributed by atoms with E-state index in [9.17, 15) is 66.8 Å². The summed E-state index contributed by atoms with van der Waals surface area (Å²) >= 11 is 0. The monoisotopic (exact) mass is 1020 g/mol. The Morgan fingerprint density at radius 1 is 0.600 bits per heavy atom. The van der Waals surface area contributed by atoms with Crippen molar-refractivity contribution in [2.24, 2.45) is 0 Å². The van der Waals surface area contributed by atoms with E-state index in [1.165, 1.54) is 0 Å². The Morgan fingerprint density at radius 2 is 1.00 bits per heavy atom. The number of benzene rings is 4. The predicted octanol–water partition coefficient (Wildman–Crippen LogP) is 12.3. The zero-order chi connectivity index (χ0) is 52.1. The minimum atomic E-state index is -4.87. The van der Waals surface area contributed by atoms with Crippen LogP contribution in [-0.4, -0.2) is 49.3 Å². The van der Waals surface area contributed by atoms with Crippen molar-refractivity contribution in [2.45, 2.75) is 78.2 Å². The summed E-state index contributed by atoms with van der Waals surface area (Å²) in [5.74, 6) is -9.22. The topological polar surface area (TPSA) is 130 Å². The normalized spacial score (nSPS) is 12.4. The van der Waals surface area contributed by atoms with Crippen molar-refractivity contribution in [1.29, 1.82) is 0 Å². The van der Waals surface area contributed by atoms with Crippen LogP contribution in [-0.2, 0) is 43.6 Å². The number of aromatic nitrogens is 4. The molecule has 0 aliphatic heterocycles. The third-order valence-corrected chi connectivity index (χ3v) is 11.0. The van der Waals surface area contributed by atoms with Crippen molar-refractivity contribution in [1.82, 2.24) is 19.6 Å². The molecule has 25 heteroatoms. The third kappa shape index (κ3) is 14.3. The van der Waals surface area contributed by atoms with Crippen LogP contribution in [0.2, 0.25) is 0 Å². The van der Waals surface area contributed by atoms with Crippen molar-refractivity contribution < 1.29 is 80.4 Å². The highest BCUT2D eigenvalue weighted by Crippen LogP contribution is 2.55. The zero-order valence-electron chi connectivity index (χ0n) is 37.5. The molecule has 0 bridgehead atoms. The zero-order valence-corrected chi connectivity index (χ0v) is 38.4. The van der Waals surface area contributed by atoms with Gasteiger partial charge in [0.05, 0.1) is 59.2 Å². The van der Waals surface area contributed by atoms with E-state index in [-0.39, 0.29) is 11.4 Å². The number of rotatable bonds is 13. The minimum absolute atomic E-state index is 0.0300. The summed E-state index contributed by atoms with van der Waals surface area (Å²) in [6.07, 6.45) is -5.44. The fourth-order valence-electron chi connectivity index (χ4n) is 6.25. The van der Waals surface area contributed by atoms with Gasteiger partial charge in [0.2, 0.25) is 0 Å². The summed E-state index contributed by atoms with van der Waals surface area (Å²) < 4.78 is 196. The maximum Gasteiger partial charge on any atom is 0.477 e. The molecule has 1 N–H and O–H groups in total. The first-order valence-corrected chi connectivity index (χ1v) is 21.7. The van der Waals surface area contributed by atoms with E-state index >= 15 is 0 Å². The number of alkyl halides is 6. The molecule has 6 aromatic rings. The number of phosphoric acid groups is 1. The minimum Gasteiger partial charge on any atom is -0.319 e. The average Bonchev–Trinajstić information content (AvgIpc) is 3.86. The molecule has 0 aliphatic rings. The summed E-state index contributed by atoms with van der Waals surface area (Å²) in [6, 6.07) is 10.6. The molecule has 2 heterocycles. The molecule has 70 heavy (non-hydrogen) atoms. The van der Waals surface area contributed by atoms with E-state index in [1.54, 1.807) is 41.5 Å². The lowest BCUT2D eigenvalue weighted by Crippen LogP contribution is -2.35. The molecule has 2 amide bonds. The smallest absolute Gasteiger partial charge is 0.319 e. The molecular weight excluding hydrogens is 979 g/mol.